The van der Waals surface area contributed by atoms with E-state index in [-0.39, 0.29) is 5.97 Å². The average molecular weight is 225 g/mol. The smallest absolute Gasteiger partial charge is 0.330 e. The van der Waals surface area contributed by atoms with Crippen molar-refractivity contribution in [3.05, 3.63) is 47.5 Å². The number of aryl methyl sites for hydroxylation is 1. The molecule has 15 heavy (non-hydrogen) atoms. The molecule has 0 aliphatic heterocycles. The minimum Gasteiger partial charge on any atom is -0.463 e. The second-order valence-corrected chi connectivity index (χ2v) is 3.54. The average Bonchev–Trinajstić information content (AvgIpc) is 2.26. The molecule has 0 unspecified atom stereocenters. The molecule has 0 spiro atoms. The van der Waals surface area contributed by atoms with E-state index in [2.05, 4.69) is 6.58 Å². The highest BCUT2D eigenvalue weighted by atomic mass is 35.5. The van der Waals surface area contributed by atoms with Crippen LogP contribution in [0.5, 0.6) is 0 Å². The Hall–Kier alpha value is -1.28. The maximum atomic E-state index is 10.7. The predicted octanol–water partition coefficient (Wildman–Crippen LogP) is 3.00. The van der Waals surface area contributed by atoms with Gasteiger partial charge < -0.3 is 4.74 Å². The predicted molar refractivity (Wildman–Crippen MR) is 60.9 cm³/mol. The van der Waals surface area contributed by atoms with Gasteiger partial charge in [0, 0.05) is 11.1 Å². The summed E-state index contributed by atoms with van der Waals surface area (Å²) in [7, 11) is 0. The van der Waals surface area contributed by atoms with Crippen LogP contribution in [0.15, 0.2) is 36.9 Å². The van der Waals surface area contributed by atoms with Crippen molar-refractivity contribution in [2.75, 3.05) is 6.61 Å². The van der Waals surface area contributed by atoms with Crippen LogP contribution in [0.2, 0.25) is 5.02 Å². The zero-order valence-corrected chi connectivity index (χ0v) is 9.17. The molecule has 0 aliphatic rings. The van der Waals surface area contributed by atoms with Gasteiger partial charge in [-0.25, -0.2) is 4.79 Å². The molecule has 0 saturated heterocycles. The van der Waals surface area contributed by atoms with Crippen LogP contribution in [-0.4, -0.2) is 12.6 Å². The van der Waals surface area contributed by atoms with Crippen molar-refractivity contribution >= 4 is 17.6 Å². The maximum Gasteiger partial charge on any atom is 0.330 e. The van der Waals surface area contributed by atoms with E-state index in [9.17, 15) is 4.79 Å². The van der Waals surface area contributed by atoms with Crippen LogP contribution in [0.1, 0.15) is 12.0 Å². The number of benzene rings is 1. The number of hydrogen-bond donors (Lipinski definition) is 0. The summed E-state index contributed by atoms with van der Waals surface area (Å²) in [6.45, 7) is 3.74. The summed E-state index contributed by atoms with van der Waals surface area (Å²) < 4.78 is 4.85. The molecular weight excluding hydrogens is 212 g/mol. The molecule has 0 fully saturated rings. The molecular formula is C12H13ClO2. The highest BCUT2D eigenvalue weighted by molar-refractivity contribution is 6.30. The summed E-state index contributed by atoms with van der Waals surface area (Å²) in [6, 6.07) is 7.65. The molecule has 0 heterocycles. The summed E-state index contributed by atoms with van der Waals surface area (Å²) in [5.74, 6) is -0.369. The lowest BCUT2D eigenvalue weighted by atomic mass is 10.1. The first-order valence-corrected chi connectivity index (χ1v) is 5.14. The van der Waals surface area contributed by atoms with Crippen molar-refractivity contribution in [3.63, 3.8) is 0 Å². The molecule has 1 aromatic carbocycles. The zero-order valence-electron chi connectivity index (χ0n) is 8.41. The van der Waals surface area contributed by atoms with Gasteiger partial charge in [0.05, 0.1) is 6.61 Å². The molecule has 0 aliphatic carbocycles. The Morgan fingerprint density at radius 1 is 1.40 bits per heavy atom. The van der Waals surface area contributed by atoms with Gasteiger partial charge in [0.15, 0.2) is 0 Å². The number of esters is 1. The Kier molecular flexibility index (Phi) is 4.91. The van der Waals surface area contributed by atoms with Crippen LogP contribution < -0.4 is 0 Å². The van der Waals surface area contributed by atoms with Crippen molar-refractivity contribution in [2.45, 2.75) is 12.8 Å². The molecule has 0 bridgehead atoms. The van der Waals surface area contributed by atoms with Crippen LogP contribution in [0.25, 0.3) is 0 Å². The molecule has 0 radical (unpaired) electrons. The van der Waals surface area contributed by atoms with Gasteiger partial charge in [-0.15, -0.1) is 0 Å². The Balaban J connectivity index is 2.23. The first-order chi connectivity index (χ1) is 7.22. The van der Waals surface area contributed by atoms with E-state index in [0.29, 0.717) is 6.61 Å². The minimum absolute atomic E-state index is 0.369. The second-order valence-electron chi connectivity index (χ2n) is 3.10. The summed E-state index contributed by atoms with van der Waals surface area (Å²) in [5.41, 5.74) is 1.19. The fraction of sp³-hybridized carbons (Fsp3) is 0.250. The van der Waals surface area contributed by atoms with Gasteiger partial charge >= 0.3 is 5.97 Å². The van der Waals surface area contributed by atoms with Crippen LogP contribution in [0.4, 0.5) is 0 Å². The topological polar surface area (TPSA) is 26.3 Å². The number of carbonyl (C=O) groups excluding carboxylic acids is 1. The molecule has 0 amide bonds. The third-order valence-corrected chi connectivity index (χ3v) is 2.19. The van der Waals surface area contributed by atoms with E-state index < -0.39 is 0 Å². The SMILES string of the molecule is C=CC(=O)OCCCc1ccc(Cl)cc1. The number of halogens is 1. The van der Waals surface area contributed by atoms with Gasteiger partial charge in [0.2, 0.25) is 0 Å². The monoisotopic (exact) mass is 224 g/mol. The molecule has 0 N–H and O–H groups in total. The Bertz CT molecular complexity index is 330. The van der Waals surface area contributed by atoms with E-state index in [4.69, 9.17) is 16.3 Å². The van der Waals surface area contributed by atoms with Gasteiger partial charge in [-0.1, -0.05) is 30.3 Å². The first kappa shape index (κ1) is 11.8. The van der Waals surface area contributed by atoms with Gasteiger partial charge in [0.25, 0.3) is 0 Å². The van der Waals surface area contributed by atoms with Crippen LogP contribution in [-0.2, 0) is 16.0 Å². The van der Waals surface area contributed by atoms with E-state index >= 15 is 0 Å². The van der Waals surface area contributed by atoms with Crippen molar-refractivity contribution in [1.82, 2.24) is 0 Å². The van der Waals surface area contributed by atoms with Crippen molar-refractivity contribution in [3.8, 4) is 0 Å². The summed E-state index contributed by atoms with van der Waals surface area (Å²) in [5, 5.41) is 0.733. The molecule has 0 aromatic heterocycles. The number of rotatable bonds is 5. The number of carbonyl (C=O) groups is 1. The lowest BCUT2D eigenvalue weighted by Crippen LogP contribution is -2.02. The van der Waals surface area contributed by atoms with Crippen molar-refractivity contribution < 1.29 is 9.53 Å². The fourth-order valence-corrected chi connectivity index (χ4v) is 1.29. The largest absolute Gasteiger partial charge is 0.463 e. The Morgan fingerprint density at radius 3 is 2.67 bits per heavy atom. The molecule has 1 aromatic rings. The summed E-state index contributed by atoms with van der Waals surface area (Å²) >= 11 is 5.75. The van der Waals surface area contributed by atoms with E-state index in [0.717, 1.165) is 17.9 Å². The lowest BCUT2D eigenvalue weighted by Gasteiger charge is -2.02. The molecule has 0 saturated carbocycles. The third kappa shape index (κ3) is 4.66. The van der Waals surface area contributed by atoms with Crippen LogP contribution in [0, 0.1) is 0 Å². The standard InChI is InChI=1S/C12H13ClO2/c1-2-12(14)15-9-3-4-10-5-7-11(13)8-6-10/h2,5-8H,1,3-4,9H2. The normalized spacial score (nSPS) is 9.67. The molecule has 1 rings (SSSR count). The van der Waals surface area contributed by atoms with Gasteiger partial charge in [-0.05, 0) is 30.5 Å². The van der Waals surface area contributed by atoms with E-state index in [1.165, 1.54) is 11.6 Å². The summed E-state index contributed by atoms with van der Waals surface area (Å²) in [6.07, 6.45) is 2.85. The third-order valence-electron chi connectivity index (χ3n) is 1.93. The maximum absolute atomic E-state index is 10.7. The quantitative estimate of drug-likeness (QED) is 0.437. The van der Waals surface area contributed by atoms with Crippen molar-refractivity contribution in [2.24, 2.45) is 0 Å². The molecule has 80 valence electrons. The number of ether oxygens (including phenoxy) is 1. The minimum atomic E-state index is -0.369. The Morgan fingerprint density at radius 2 is 2.07 bits per heavy atom. The molecule has 0 atom stereocenters. The first-order valence-electron chi connectivity index (χ1n) is 4.76. The lowest BCUT2D eigenvalue weighted by molar-refractivity contribution is -0.137. The Labute approximate surface area is 94.5 Å². The van der Waals surface area contributed by atoms with E-state index in [1.807, 2.05) is 24.3 Å². The zero-order chi connectivity index (χ0) is 11.1. The molecule has 3 heteroatoms. The molecule has 2 nitrogen and oxygen atoms in total. The van der Waals surface area contributed by atoms with Crippen LogP contribution >= 0.6 is 11.6 Å². The van der Waals surface area contributed by atoms with Gasteiger partial charge in [-0.2, -0.15) is 0 Å². The fourth-order valence-electron chi connectivity index (χ4n) is 1.16. The highest BCUT2D eigenvalue weighted by Gasteiger charge is 1.96. The van der Waals surface area contributed by atoms with Crippen molar-refractivity contribution in [1.29, 1.82) is 0 Å². The van der Waals surface area contributed by atoms with E-state index in [1.54, 1.807) is 0 Å². The summed E-state index contributed by atoms with van der Waals surface area (Å²) in [4.78, 5) is 10.7. The van der Waals surface area contributed by atoms with Gasteiger partial charge in [0.1, 0.15) is 0 Å². The number of hydrogen-bond acceptors (Lipinski definition) is 2. The van der Waals surface area contributed by atoms with Crippen LogP contribution in [0.3, 0.4) is 0 Å². The second kappa shape index (κ2) is 6.25. The van der Waals surface area contributed by atoms with Gasteiger partial charge in [-0.3, -0.25) is 0 Å². The highest BCUT2D eigenvalue weighted by Crippen LogP contribution is 2.10.